The number of aliphatic hydroxyl groups excluding tert-OH is 1. The van der Waals surface area contributed by atoms with Gasteiger partial charge < -0.3 is 10.8 Å². The molecule has 3 N–H and O–H groups in total. The van der Waals surface area contributed by atoms with Gasteiger partial charge in [-0.05, 0) is 12.1 Å². The van der Waals surface area contributed by atoms with Gasteiger partial charge in [0.15, 0.2) is 0 Å². The topological polar surface area (TPSA) is 59.1 Å². The summed E-state index contributed by atoms with van der Waals surface area (Å²) in [6.07, 6.45) is -4.24. The highest BCUT2D eigenvalue weighted by Gasteiger charge is 2.30. The Labute approximate surface area is 84.7 Å². The van der Waals surface area contributed by atoms with Gasteiger partial charge in [-0.25, -0.2) is 0 Å². The molecule has 0 aliphatic heterocycles. The van der Waals surface area contributed by atoms with Crippen LogP contribution in [0.1, 0.15) is 11.3 Å². The zero-order valence-corrected chi connectivity index (χ0v) is 7.83. The molecule has 84 valence electrons. The number of nitrogens with zero attached hydrogens (tertiary/aromatic N) is 1. The molecule has 1 rings (SSSR count). The number of hydrogen-bond acceptors (Lipinski definition) is 3. The van der Waals surface area contributed by atoms with Crippen molar-refractivity contribution < 1.29 is 18.3 Å². The predicted molar refractivity (Wildman–Crippen MR) is 48.0 cm³/mol. The first-order valence-electron chi connectivity index (χ1n) is 4.33. The summed E-state index contributed by atoms with van der Waals surface area (Å²) in [4.78, 5) is 3.60. The van der Waals surface area contributed by atoms with Crippen molar-refractivity contribution in [1.82, 2.24) is 4.98 Å². The molecule has 0 spiro atoms. The normalized spacial score (nSPS) is 13.9. The molecule has 0 fully saturated rings. The van der Waals surface area contributed by atoms with E-state index in [0.717, 1.165) is 12.3 Å². The molecule has 0 aliphatic carbocycles. The molecule has 0 amide bonds. The molecular weight excluding hydrogens is 209 g/mol. The largest absolute Gasteiger partial charge is 0.417 e. The molecule has 0 aliphatic rings. The van der Waals surface area contributed by atoms with Crippen LogP contribution < -0.4 is 5.73 Å². The van der Waals surface area contributed by atoms with Crippen molar-refractivity contribution in [2.24, 2.45) is 5.73 Å². The van der Waals surface area contributed by atoms with Crippen LogP contribution in [0.2, 0.25) is 0 Å². The minimum absolute atomic E-state index is 0.0582. The fourth-order valence-corrected chi connectivity index (χ4v) is 1.04. The number of aliphatic hydroxyl groups is 1. The maximum atomic E-state index is 12.1. The van der Waals surface area contributed by atoms with Crippen molar-refractivity contribution in [2.45, 2.75) is 18.7 Å². The second-order valence-corrected chi connectivity index (χ2v) is 3.13. The molecular formula is C9H11F3N2O. The van der Waals surface area contributed by atoms with Crippen LogP contribution in [0.4, 0.5) is 13.2 Å². The summed E-state index contributed by atoms with van der Waals surface area (Å²) in [6, 6.07) is 2.17. The van der Waals surface area contributed by atoms with Crippen LogP contribution in [-0.4, -0.2) is 22.7 Å². The Morgan fingerprint density at radius 3 is 2.47 bits per heavy atom. The van der Waals surface area contributed by atoms with Crippen LogP contribution in [0, 0.1) is 0 Å². The number of nitrogens with two attached hydrogens (primary N) is 1. The fraction of sp³-hybridized carbons (Fsp3) is 0.444. The van der Waals surface area contributed by atoms with E-state index in [2.05, 4.69) is 4.98 Å². The summed E-state index contributed by atoms with van der Waals surface area (Å²) in [5.74, 6) is 0. The Morgan fingerprint density at radius 1 is 1.40 bits per heavy atom. The lowest BCUT2D eigenvalue weighted by molar-refractivity contribution is -0.137. The van der Waals surface area contributed by atoms with Gasteiger partial charge in [-0.1, -0.05) is 0 Å². The number of halogens is 3. The molecule has 1 atom stereocenters. The Bertz CT molecular complexity index is 310. The van der Waals surface area contributed by atoms with Crippen LogP contribution in [0.15, 0.2) is 18.3 Å². The van der Waals surface area contributed by atoms with Crippen LogP contribution in [0.5, 0.6) is 0 Å². The summed E-state index contributed by atoms with van der Waals surface area (Å²) in [5, 5.41) is 9.15. The third-order valence-electron chi connectivity index (χ3n) is 1.87. The maximum absolute atomic E-state index is 12.1. The first-order valence-corrected chi connectivity index (χ1v) is 4.33. The van der Waals surface area contributed by atoms with Gasteiger partial charge in [-0.15, -0.1) is 0 Å². The molecule has 0 radical (unpaired) electrons. The summed E-state index contributed by atoms with van der Waals surface area (Å²) < 4.78 is 36.4. The minimum atomic E-state index is -4.38. The predicted octanol–water partition coefficient (Wildman–Crippen LogP) is 0.963. The van der Waals surface area contributed by atoms with E-state index < -0.39 is 17.8 Å². The monoisotopic (exact) mass is 220 g/mol. The van der Waals surface area contributed by atoms with Crippen LogP contribution in [-0.2, 0) is 12.6 Å². The van der Waals surface area contributed by atoms with E-state index in [-0.39, 0.29) is 13.0 Å². The number of hydrogen-bond donors (Lipinski definition) is 2. The Balaban J connectivity index is 2.73. The summed E-state index contributed by atoms with van der Waals surface area (Å²) >= 11 is 0. The fourth-order valence-electron chi connectivity index (χ4n) is 1.04. The van der Waals surface area contributed by atoms with Crippen LogP contribution in [0.25, 0.3) is 0 Å². The molecule has 6 heteroatoms. The van der Waals surface area contributed by atoms with Gasteiger partial charge >= 0.3 is 6.18 Å². The van der Waals surface area contributed by atoms with E-state index in [9.17, 15) is 13.2 Å². The van der Waals surface area contributed by atoms with E-state index in [0.29, 0.717) is 5.69 Å². The third-order valence-corrected chi connectivity index (χ3v) is 1.87. The Kier molecular flexibility index (Phi) is 3.65. The molecule has 0 aromatic carbocycles. The minimum Gasteiger partial charge on any atom is -0.391 e. The van der Waals surface area contributed by atoms with Gasteiger partial charge in [0.05, 0.1) is 11.7 Å². The van der Waals surface area contributed by atoms with E-state index in [4.69, 9.17) is 10.8 Å². The molecule has 1 aromatic rings. The van der Waals surface area contributed by atoms with Gasteiger partial charge in [0.25, 0.3) is 0 Å². The lowest BCUT2D eigenvalue weighted by Gasteiger charge is -2.09. The van der Waals surface area contributed by atoms with E-state index >= 15 is 0 Å². The molecule has 0 saturated heterocycles. The second kappa shape index (κ2) is 4.59. The van der Waals surface area contributed by atoms with Gasteiger partial charge in [0.2, 0.25) is 0 Å². The van der Waals surface area contributed by atoms with Crippen molar-refractivity contribution in [3.05, 3.63) is 29.6 Å². The van der Waals surface area contributed by atoms with Crippen LogP contribution in [0.3, 0.4) is 0 Å². The summed E-state index contributed by atoms with van der Waals surface area (Å²) in [6.45, 7) is 0.0582. The number of pyridine rings is 1. The molecule has 0 saturated carbocycles. The van der Waals surface area contributed by atoms with Gasteiger partial charge in [0.1, 0.15) is 0 Å². The van der Waals surface area contributed by atoms with Crippen molar-refractivity contribution in [1.29, 1.82) is 0 Å². The Morgan fingerprint density at radius 2 is 2.07 bits per heavy atom. The van der Waals surface area contributed by atoms with Gasteiger partial charge in [-0.3, -0.25) is 4.98 Å². The molecule has 0 bridgehead atoms. The lowest BCUT2D eigenvalue weighted by atomic mass is 10.1. The molecule has 15 heavy (non-hydrogen) atoms. The van der Waals surface area contributed by atoms with Gasteiger partial charge in [0, 0.05) is 24.9 Å². The highest BCUT2D eigenvalue weighted by atomic mass is 19.4. The van der Waals surface area contributed by atoms with E-state index in [1.165, 1.54) is 6.07 Å². The average Bonchev–Trinajstić information content (AvgIpc) is 2.17. The number of alkyl halides is 3. The third kappa shape index (κ3) is 3.49. The summed E-state index contributed by atoms with van der Waals surface area (Å²) in [7, 11) is 0. The highest BCUT2D eigenvalue weighted by molar-refractivity contribution is 5.17. The average molecular weight is 220 g/mol. The van der Waals surface area contributed by atoms with Crippen LogP contribution >= 0.6 is 0 Å². The number of rotatable bonds is 3. The van der Waals surface area contributed by atoms with Gasteiger partial charge in [-0.2, -0.15) is 13.2 Å². The van der Waals surface area contributed by atoms with Crippen molar-refractivity contribution in [3.8, 4) is 0 Å². The van der Waals surface area contributed by atoms with Crippen molar-refractivity contribution in [2.75, 3.05) is 6.54 Å². The lowest BCUT2D eigenvalue weighted by Crippen LogP contribution is -2.22. The zero-order chi connectivity index (χ0) is 11.5. The highest BCUT2D eigenvalue weighted by Crippen LogP contribution is 2.28. The smallest absolute Gasteiger partial charge is 0.391 e. The molecule has 1 aromatic heterocycles. The number of aromatic nitrogens is 1. The van der Waals surface area contributed by atoms with E-state index in [1.54, 1.807) is 0 Å². The molecule has 1 heterocycles. The Hall–Kier alpha value is -1.14. The van der Waals surface area contributed by atoms with Crippen molar-refractivity contribution in [3.63, 3.8) is 0 Å². The molecule has 1 unspecified atom stereocenters. The zero-order valence-electron chi connectivity index (χ0n) is 7.83. The standard InChI is InChI=1S/C9H11F3N2O/c10-9(11,12)6-1-2-7(14-5-6)3-8(15)4-13/h1-2,5,8,15H,3-4,13H2. The van der Waals surface area contributed by atoms with E-state index in [1.807, 2.05) is 0 Å². The maximum Gasteiger partial charge on any atom is 0.417 e. The summed E-state index contributed by atoms with van der Waals surface area (Å²) in [5.41, 5.74) is 4.75. The molecule has 3 nitrogen and oxygen atoms in total. The first-order chi connectivity index (χ1) is 6.93. The first kappa shape index (κ1) is 11.9. The second-order valence-electron chi connectivity index (χ2n) is 3.13. The van der Waals surface area contributed by atoms with Crippen molar-refractivity contribution >= 4 is 0 Å². The SMILES string of the molecule is NCC(O)Cc1ccc(C(F)(F)F)cn1. The quantitative estimate of drug-likeness (QED) is 0.797.